The van der Waals surface area contributed by atoms with Gasteiger partial charge in [0, 0.05) is 25.5 Å². The molecule has 0 atom stereocenters. The first-order chi connectivity index (χ1) is 15.5. The van der Waals surface area contributed by atoms with Crippen molar-refractivity contribution in [3.05, 3.63) is 77.0 Å². The molecule has 6 nitrogen and oxygen atoms in total. The largest absolute Gasteiger partial charge is 0.465 e. The number of pyridine rings is 1. The van der Waals surface area contributed by atoms with Crippen LogP contribution in [0.25, 0.3) is 10.9 Å². The average molecular weight is 435 g/mol. The topological polar surface area (TPSA) is 68.7 Å². The lowest BCUT2D eigenvalue weighted by Crippen LogP contribution is -2.29. The van der Waals surface area contributed by atoms with Crippen LogP contribution in [-0.2, 0) is 27.4 Å². The molecule has 0 spiro atoms. The number of aryl methyl sites for hydroxylation is 1. The summed E-state index contributed by atoms with van der Waals surface area (Å²) >= 11 is 0. The van der Waals surface area contributed by atoms with Crippen LogP contribution in [0.3, 0.4) is 0 Å². The Morgan fingerprint density at radius 2 is 1.81 bits per heavy atom. The molecule has 3 aromatic rings. The van der Waals surface area contributed by atoms with Crippen LogP contribution < -0.4 is 0 Å². The summed E-state index contributed by atoms with van der Waals surface area (Å²) in [6.45, 7) is 5.51. The van der Waals surface area contributed by atoms with Gasteiger partial charge in [-0.25, -0.2) is 4.79 Å². The van der Waals surface area contributed by atoms with Crippen molar-refractivity contribution in [2.24, 2.45) is 0 Å². The lowest BCUT2D eigenvalue weighted by Gasteiger charge is -2.21. The third-order valence-corrected chi connectivity index (χ3v) is 5.43. The maximum absolute atomic E-state index is 12.1. The SMILES string of the molecule is COC(=O)c1c(C)cccc1COCCCCN(Cc1ccc2ccccc2n1)C(C)=O. The Morgan fingerprint density at radius 3 is 2.59 bits per heavy atom. The number of methoxy groups -OCH3 is 1. The minimum atomic E-state index is -0.346. The van der Waals surface area contributed by atoms with Gasteiger partial charge < -0.3 is 14.4 Å². The number of ether oxygens (including phenoxy) is 2. The zero-order chi connectivity index (χ0) is 22.9. The van der Waals surface area contributed by atoms with Gasteiger partial charge in [0.15, 0.2) is 0 Å². The third-order valence-electron chi connectivity index (χ3n) is 5.43. The van der Waals surface area contributed by atoms with Gasteiger partial charge in [-0.15, -0.1) is 0 Å². The van der Waals surface area contributed by atoms with Gasteiger partial charge in [0.05, 0.1) is 37.0 Å². The molecule has 0 radical (unpaired) electrons. The van der Waals surface area contributed by atoms with E-state index in [0.29, 0.717) is 31.9 Å². The summed E-state index contributed by atoms with van der Waals surface area (Å²) < 4.78 is 10.7. The first-order valence-corrected chi connectivity index (χ1v) is 10.8. The van der Waals surface area contributed by atoms with E-state index in [1.165, 1.54) is 7.11 Å². The predicted octanol–water partition coefficient (Wildman–Crippen LogP) is 4.68. The molecule has 32 heavy (non-hydrogen) atoms. The highest BCUT2D eigenvalue weighted by molar-refractivity contribution is 5.92. The highest BCUT2D eigenvalue weighted by atomic mass is 16.5. The summed E-state index contributed by atoms with van der Waals surface area (Å²) in [4.78, 5) is 30.6. The minimum Gasteiger partial charge on any atom is -0.465 e. The van der Waals surface area contributed by atoms with Crippen molar-refractivity contribution in [3.8, 4) is 0 Å². The molecule has 168 valence electrons. The lowest BCUT2D eigenvalue weighted by atomic mass is 10.0. The van der Waals surface area contributed by atoms with E-state index in [1.54, 1.807) is 6.92 Å². The van der Waals surface area contributed by atoms with E-state index < -0.39 is 0 Å². The molecule has 0 saturated carbocycles. The Balaban J connectivity index is 1.47. The van der Waals surface area contributed by atoms with E-state index in [-0.39, 0.29) is 11.9 Å². The molecule has 1 aromatic heterocycles. The molecule has 0 aliphatic carbocycles. The van der Waals surface area contributed by atoms with Gasteiger partial charge in [0.1, 0.15) is 0 Å². The van der Waals surface area contributed by atoms with E-state index >= 15 is 0 Å². The normalized spacial score (nSPS) is 10.8. The molecule has 0 aliphatic heterocycles. The van der Waals surface area contributed by atoms with Crippen molar-refractivity contribution < 1.29 is 19.1 Å². The zero-order valence-electron chi connectivity index (χ0n) is 19.0. The summed E-state index contributed by atoms with van der Waals surface area (Å²) in [5.41, 5.74) is 4.08. The molecule has 0 fully saturated rings. The molecule has 1 amide bonds. The Labute approximate surface area is 189 Å². The molecular weight excluding hydrogens is 404 g/mol. The van der Waals surface area contributed by atoms with E-state index in [2.05, 4.69) is 4.98 Å². The fraction of sp³-hybridized carbons (Fsp3) is 0.346. The standard InChI is InChI=1S/C26H30N2O4/c1-19-9-8-11-22(25(19)26(30)31-3)18-32-16-7-6-15-28(20(2)29)17-23-14-13-21-10-4-5-12-24(21)27-23/h4-5,8-14H,6-7,15-18H2,1-3H3. The summed E-state index contributed by atoms with van der Waals surface area (Å²) in [7, 11) is 1.38. The Bertz CT molecular complexity index is 1080. The average Bonchev–Trinajstić information content (AvgIpc) is 2.79. The first kappa shape index (κ1) is 23.4. The quantitative estimate of drug-likeness (QED) is 0.342. The van der Waals surface area contributed by atoms with Crippen molar-refractivity contribution in [3.63, 3.8) is 0 Å². The van der Waals surface area contributed by atoms with E-state index in [4.69, 9.17) is 9.47 Å². The number of benzene rings is 2. The predicted molar refractivity (Wildman–Crippen MR) is 124 cm³/mol. The van der Waals surface area contributed by atoms with Crippen LogP contribution in [0, 0.1) is 6.92 Å². The monoisotopic (exact) mass is 434 g/mol. The summed E-state index contributed by atoms with van der Waals surface area (Å²) in [6.07, 6.45) is 1.64. The molecule has 2 aromatic carbocycles. The molecule has 0 saturated heterocycles. The second-order valence-corrected chi connectivity index (χ2v) is 7.80. The van der Waals surface area contributed by atoms with Crippen LogP contribution in [0.1, 0.15) is 46.9 Å². The molecule has 0 aliphatic rings. The van der Waals surface area contributed by atoms with Crippen molar-refractivity contribution in [2.75, 3.05) is 20.3 Å². The van der Waals surface area contributed by atoms with Gasteiger partial charge >= 0.3 is 5.97 Å². The number of carbonyl (C=O) groups excluding carboxylic acids is 2. The molecule has 0 N–H and O–H groups in total. The number of rotatable bonds is 10. The van der Waals surface area contributed by atoms with Crippen molar-refractivity contribution in [2.45, 2.75) is 39.8 Å². The molecule has 0 bridgehead atoms. The molecule has 6 heteroatoms. The van der Waals surface area contributed by atoms with Crippen molar-refractivity contribution in [1.82, 2.24) is 9.88 Å². The van der Waals surface area contributed by atoms with E-state index in [0.717, 1.165) is 40.6 Å². The number of hydrogen-bond acceptors (Lipinski definition) is 5. The summed E-state index contributed by atoms with van der Waals surface area (Å²) in [5.74, 6) is -0.315. The Kier molecular flexibility index (Phi) is 8.34. The smallest absolute Gasteiger partial charge is 0.338 e. The number of carbonyl (C=O) groups is 2. The van der Waals surface area contributed by atoms with E-state index in [9.17, 15) is 9.59 Å². The van der Waals surface area contributed by atoms with Crippen LogP contribution in [0.15, 0.2) is 54.6 Å². The zero-order valence-corrected chi connectivity index (χ0v) is 19.0. The second kappa shape index (κ2) is 11.4. The number of unbranched alkanes of at least 4 members (excludes halogenated alkanes) is 1. The molecule has 3 rings (SSSR count). The maximum atomic E-state index is 12.1. The molecule has 0 unspecified atom stereocenters. The van der Waals surface area contributed by atoms with Crippen LogP contribution >= 0.6 is 0 Å². The number of fused-ring (bicyclic) bond motifs is 1. The van der Waals surface area contributed by atoms with Crippen LogP contribution in [-0.4, -0.2) is 42.0 Å². The van der Waals surface area contributed by atoms with Gasteiger partial charge in [0.25, 0.3) is 0 Å². The second-order valence-electron chi connectivity index (χ2n) is 7.80. The van der Waals surface area contributed by atoms with Crippen molar-refractivity contribution >= 4 is 22.8 Å². The summed E-state index contributed by atoms with van der Waals surface area (Å²) in [6, 6.07) is 17.7. The number of para-hydroxylation sites is 1. The van der Waals surface area contributed by atoms with Gasteiger partial charge in [-0.3, -0.25) is 9.78 Å². The maximum Gasteiger partial charge on any atom is 0.338 e. The lowest BCUT2D eigenvalue weighted by molar-refractivity contribution is -0.129. The van der Waals surface area contributed by atoms with Crippen molar-refractivity contribution in [1.29, 1.82) is 0 Å². The van der Waals surface area contributed by atoms with Crippen LogP contribution in [0.4, 0.5) is 0 Å². The Morgan fingerprint density at radius 1 is 1.00 bits per heavy atom. The van der Waals surface area contributed by atoms with E-state index in [1.807, 2.05) is 66.4 Å². The van der Waals surface area contributed by atoms with Gasteiger partial charge in [-0.1, -0.05) is 42.5 Å². The minimum absolute atomic E-state index is 0.0309. The molecular formula is C26H30N2O4. The number of hydrogen-bond donors (Lipinski definition) is 0. The van der Waals surface area contributed by atoms with Gasteiger partial charge in [-0.05, 0) is 43.0 Å². The number of amides is 1. The first-order valence-electron chi connectivity index (χ1n) is 10.8. The third kappa shape index (κ3) is 6.14. The summed E-state index contributed by atoms with van der Waals surface area (Å²) in [5, 5.41) is 1.09. The van der Waals surface area contributed by atoms with Crippen LogP contribution in [0.5, 0.6) is 0 Å². The fourth-order valence-electron chi connectivity index (χ4n) is 3.67. The fourth-order valence-corrected chi connectivity index (χ4v) is 3.67. The number of aromatic nitrogens is 1. The Hall–Kier alpha value is -3.25. The number of nitrogens with zero attached hydrogens (tertiary/aromatic N) is 2. The highest BCUT2D eigenvalue weighted by Crippen LogP contribution is 2.17. The van der Waals surface area contributed by atoms with Crippen LogP contribution in [0.2, 0.25) is 0 Å². The van der Waals surface area contributed by atoms with Gasteiger partial charge in [-0.2, -0.15) is 0 Å². The number of esters is 1. The highest BCUT2D eigenvalue weighted by Gasteiger charge is 2.15. The molecule has 1 heterocycles. The van der Waals surface area contributed by atoms with Gasteiger partial charge in [0.2, 0.25) is 5.91 Å².